The topological polar surface area (TPSA) is 33.0 Å². The second-order valence-electron chi connectivity index (χ2n) is 4.38. The Morgan fingerprint density at radius 2 is 1.90 bits per heavy atom. The predicted octanol–water partition coefficient (Wildman–Crippen LogP) is 4.85. The molecule has 20 heavy (non-hydrogen) atoms. The van der Waals surface area contributed by atoms with Crippen LogP contribution >= 0.6 is 23.2 Å². The van der Waals surface area contributed by atoms with Crippen LogP contribution in [-0.4, -0.2) is 7.11 Å². The lowest BCUT2D eigenvalue weighted by Gasteiger charge is -2.14. The number of ether oxygens (including phenoxy) is 1. The van der Waals surface area contributed by atoms with Gasteiger partial charge in [-0.1, -0.05) is 47.5 Å². The van der Waals surface area contributed by atoms with Crippen LogP contribution in [0.4, 0.5) is 0 Å². The maximum atomic E-state index is 9.42. The Morgan fingerprint density at radius 1 is 1.15 bits per heavy atom. The van der Waals surface area contributed by atoms with Gasteiger partial charge in [-0.2, -0.15) is 5.26 Å². The summed E-state index contributed by atoms with van der Waals surface area (Å²) in [4.78, 5) is 0. The fourth-order valence-electron chi connectivity index (χ4n) is 2.08. The number of para-hydroxylation sites is 1. The first-order valence-electron chi connectivity index (χ1n) is 6.12. The lowest BCUT2D eigenvalue weighted by Crippen LogP contribution is -2.03. The molecule has 2 aromatic carbocycles. The van der Waals surface area contributed by atoms with Crippen LogP contribution < -0.4 is 4.74 Å². The molecule has 0 amide bonds. The number of halogens is 2. The number of benzene rings is 2. The summed E-state index contributed by atoms with van der Waals surface area (Å²) in [5.41, 5.74) is 1.85. The van der Waals surface area contributed by atoms with Gasteiger partial charge in [-0.05, 0) is 30.2 Å². The molecule has 2 rings (SSSR count). The molecule has 1 unspecified atom stereocenters. The van der Waals surface area contributed by atoms with E-state index in [1.807, 2.05) is 30.3 Å². The van der Waals surface area contributed by atoms with Gasteiger partial charge in [0.2, 0.25) is 0 Å². The lowest BCUT2D eigenvalue weighted by molar-refractivity contribution is 0.408. The predicted molar refractivity (Wildman–Crippen MR) is 81.5 cm³/mol. The minimum Gasteiger partial charge on any atom is -0.496 e. The minimum atomic E-state index is -0.289. The van der Waals surface area contributed by atoms with Gasteiger partial charge < -0.3 is 4.74 Å². The third kappa shape index (κ3) is 3.25. The van der Waals surface area contributed by atoms with Crippen molar-refractivity contribution in [1.29, 1.82) is 5.26 Å². The van der Waals surface area contributed by atoms with E-state index in [2.05, 4.69) is 6.07 Å². The zero-order chi connectivity index (χ0) is 14.5. The molecule has 0 saturated heterocycles. The Balaban J connectivity index is 2.29. The molecule has 0 fully saturated rings. The van der Waals surface area contributed by atoms with Gasteiger partial charge >= 0.3 is 0 Å². The second kappa shape index (κ2) is 6.65. The molecule has 0 heterocycles. The van der Waals surface area contributed by atoms with Gasteiger partial charge in [0, 0.05) is 5.56 Å². The van der Waals surface area contributed by atoms with Gasteiger partial charge in [-0.25, -0.2) is 0 Å². The summed E-state index contributed by atoms with van der Waals surface area (Å²) >= 11 is 11.9. The second-order valence-corrected chi connectivity index (χ2v) is 5.19. The Hall–Kier alpha value is -1.69. The summed E-state index contributed by atoms with van der Waals surface area (Å²) in [5, 5.41) is 10.4. The number of hydrogen-bond donors (Lipinski definition) is 0. The highest BCUT2D eigenvalue weighted by atomic mass is 35.5. The van der Waals surface area contributed by atoms with Crippen molar-refractivity contribution in [2.75, 3.05) is 7.11 Å². The standard InChI is InChI=1S/C16H13Cl2NO/c1-20-16-5-3-2-4-13(16)12(10-19)8-11-6-7-14(17)15(18)9-11/h2-7,9,12H,8H2,1H3. The molecule has 1 atom stereocenters. The van der Waals surface area contributed by atoms with Crippen molar-refractivity contribution in [3.63, 3.8) is 0 Å². The molecule has 0 N–H and O–H groups in total. The summed E-state index contributed by atoms with van der Waals surface area (Å²) in [6, 6.07) is 15.3. The SMILES string of the molecule is COc1ccccc1C(C#N)Cc1ccc(Cl)c(Cl)c1. The molecule has 2 aromatic rings. The largest absolute Gasteiger partial charge is 0.496 e. The average Bonchev–Trinajstić information content (AvgIpc) is 2.48. The van der Waals surface area contributed by atoms with Gasteiger partial charge in [-0.3, -0.25) is 0 Å². The van der Waals surface area contributed by atoms with Crippen molar-refractivity contribution >= 4 is 23.2 Å². The Morgan fingerprint density at radius 3 is 2.55 bits per heavy atom. The fraction of sp³-hybridized carbons (Fsp3) is 0.188. The van der Waals surface area contributed by atoms with E-state index in [1.54, 1.807) is 19.2 Å². The first kappa shape index (κ1) is 14.7. The normalized spacial score (nSPS) is 11.7. The van der Waals surface area contributed by atoms with Crippen LogP contribution in [-0.2, 0) is 6.42 Å². The zero-order valence-electron chi connectivity index (χ0n) is 10.9. The molecule has 0 radical (unpaired) electrons. The van der Waals surface area contributed by atoms with Crippen molar-refractivity contribution in [2.45, 2.75) is 12.3 Å². The van der Waals surface area contributed by atoms with Crippen LogP contribution in [0.25, 0.3) is 0 Å². The molecule has 0 aliphatic heterocycles. The molecule has 2 nitrogen and oxygen atoms in total. The van der Waals surface area contributed by atoms with Crippen LogP contribution in [0.3, 0.4) is 0 Å². The van der Waals surface area contributed by atoms with Crippen molar-refractivity contribution in [2.24, 2.45) is 0 Å². The molecule has 102 valence electrons. The van der Waals surface area contributed by atoms with E-state index < -0.39 is 0 Å². The van der Waals surface area contributed by atoms with E-state index >= 15 is 0 Å². The Labute approximate surface area is 128 Å². The first-order valence-corrected chi connectivity index (χ1v) is 6.87. The maximum Gasteiger partial charge on any atom is 0.123 e. The van der Waals surface area contributed by atoms with Crippen LogP contribution in [0.5, 0.6) is 5.75 Å². The first-order chi connectivity index (χ1) is 9.65. The third-order valence-electron chi connectivity index (χ3n) is 3.09. The van der Waals surface area contributed by atoms with Gasteiger partial charge in [0.25, 0.3) is 0 Å². The van der Waals surface area contributed by atoms with E-state index in [0.717, 1.165) is 16.9 Å². The fourth-order valence-corrected chi connectivity index (χ4v) is 2.40. The maximum absolute atomic E-state index is 9.42. The molecule has 0 aliphatic rings. The van der Waals surface area contributed by atoms with Crippen LogP contribution in [0, 0.1) is 11.3 Å². The van der Waals surface area contributed by atoms with Gasteiger partial charge in [0.15, 0.2) is 0 Å². The highest BCUT2D eigenvalue weighted by Crippen LogP contribution is 2.30. The summed E-state index contributed by atoms with van der Waals surface area (Å²) in [7, 11) is 1.60. The average molecular weight is 306 g/mol. The van der Waals surface area contributed by atoms with Crippen LogP contribution in [0.1, 0.15) is 17.0 Å². The van der Waals surface area contributed by atoms with Crippen molar-refractivity contribution < 1.29 is 4.74 Å². The molecule has 0 spiro atoms. The van der Waals surface area contributed by atoms with E-state index in [1.165, 1.54) is 0 Å². The third-order valence-corrected chi connectivity index (χ3v) is 3.83. The molecule has 0 bridgehead atoms. The molecular formula is C16H13Cl2NO. The van der Waals surface area contributed by atoms with Gasteiger partial charge in [-0.15, -0.1) is 0 Å². The minimum absolute atomic E-state index is 0.289. The summed E-state index contributed by atoms with van der Waals surface area (Å²) in [6.07, 6.45) is 0.563. The summed E-state index contributed by atoms with van der Waals surface area (Å²) in [5.74, 6) is 0.433. The molecular weight excluding hydrogens is 293 g/mol. The Bertz CT molecular complexity index is 649. The van der Waals surface area contributed by atoms with E-state index in [4.69, 9.17) is 27.9 Å². The number of hydrogen-bond acceptors (Lipinski definition) is 2. The van der Waals surface area contributed by atoms with E-state index in [-0.39, 0.29) is 5.92 Å². The van der Waals surface area contributed by atoms with Gasteiger partial charge in [0.1, 0.15) is 5.75 Å². The number of rotatable bonds is 4. The van der Waals surface area contributed by atoms with Gasteiger partial charge in [0.05, 0.1) is 29.1 Å². The van der Waals surface area contributed by atoms with Crippen LogP contribution in [0.15, 0.2) is 42.5 Å². The highest BCUT2D eigenvalue weighted by molar-refractivity contribution is 6.42. The molecule has 0 aliphatic carbocycles. The highest BCUT2D eigenvalue weighted by Gasteiger charge is 2.16. The molecule has 0 aromatic heterocycles. The Kier molecular flexibility index (Phi) is 4.89. The van der Waals surface area contributed by atoms with Crippen molar-refractivity contribution in [3.8, 4) is 11.8 Å². The van der Waals surface area contributed by atoms with E-state index in [9.17, 15) is 5.26 Å². The van der Waals surface area contributed by atoms with Crippen LogP contribution in [0.2, 0.25) is 10.0 Å². The van der Waals surface area contributed by atoms with Crippen molar-refractivity contribution in [3.05, 3.63) is 63.6 Å². The summed E-state index contributed by atoms with van der Waals surface area (Å²) in [6.45, 7) is 0. The number of methoxy groups -OCH3 is 1. The monoisotopic (exact) mass is 305 g/mol. The molecule has 4 heteroatoms. The number of nitrogens with zero attached hydrogens (tertiary/aromatic N) is 1. The lowest BCUT2D eigenvalue weighted by atomic mass is 9.92. The summed E-state index contributed by atoms with van der Waals surface area (Å²) < 4.78 is 5.31. The smallest absolute Gasteiger partial charge is 0.123 e. The quantitative estimate of drug-likeness (QED) is 0.808. The molecule has 0 saturated carbocycles. The van der Waals surface area contributed by atoms with E-state index in [0.29, 0.717) is 16.5 Å². The zero-order valence-corrected chi connectivity index (χ0v) is 12.4. The number of nitriles is 1. The van der Waals surface area contributed by atoms with Crippen molar-refractivity contribution in [1.82, 2.24) is 0 Å².